The van der Waals surface area contributed by atoms with E-state index in [4.69, 9.17) is 4.98 Å². The van der Waals surface area contributed by atoms with Crippen molar-refractivity contribution in [3.8, 4) is 39.1 Å². The minimum Gasteiger partial charge on any atom is -0.307 e. The first-order chi connectivity index (χ1) is 19.4. The van der Waals surface area contributed by atoms with Crippen LogP contribution in [0.15, 0.2) is 134 Å². The van der Waals surface area contributed by atoms with Gasteiger partial charge < -0.3 is 4.57 Å². The van der Waals surface area contributed by atoms with Gasteiger partial charge in [-0.25, -0.2) is 0 Å². The van der Waals surface area contributed by atoms with Crippen LogP contribution in [0, 0.1) is 0 Å². The van der Waals surface area contributed by atoms with Crippen molar-refractivity contribution in [2.75, 3.05) is 0 Å². The first kappa shape index (κ1) is 20.8. The molecule has 0 bridgehead atoms. The van der Waals surface area contributed by atoms with E-state index < -0.39 is 0 Å². The summed E-state index contributed by atoms with van der Waals surface area (Å²) >= 11 is 0. The first-order valence-corrected chi connectivity index (χ1v) is 13.4. The fourth-order valence-electron chi connectivity index (χ4n) is 6.71. The van der Waals surface area contributed by atoms with Gasteiger partial charge in [0.05, 0.1) is 16.6 Å². The summed E-state index contributed by atoms with van der Waals surface area (Å²) in [6.45, 7) is 0. The number of pyridine rings is 1. The molecule has 0 aliphatic heterocycles. The van der Waals surface area contributed by atoms with Gasteiger partial charge in [-0.1, -0.05) is 97.1 Å². The van der Waals surface area contributed by atoms with Gasteiger partial charge in [0.15, 0.2) is 0 Å². The monoisotopic (exact) mass is 494 g/mol. The van der Waals surface area contributed by atoms with Gasteiger partial charge >= 0.3 is 0 Å². The van der Waals surface area contributed by atoms with Gasteiger partial charge in [0.25, 0.3) is 0 Å². The molecule has 6 aromatic carbocycles. The van der Waals surface area contributed by atoms with Crippen LogP contribution >= 0.6 is 0 Å². The molecule has 0 atom stereocenters. The molecule has 0 saturated heterocycles. The zero-order valence-electron chi connectivity index (χ0n) is 21.1. The van der Waals surface area contributed by atoms with Crippen LogP contribution in [0.1, 0.15) is 0 Å². The molecule has 1 aliphatic carbocycles. The maximum absolute atomic E-state index is 4.78. The summed E-state index contributed by atoms with van der Waals surface area (Å²) in [6.07, 6.45) is 1.89. The molecule has 0 fully saturated rings. The van der Waals surface area contributed by atoms with E-state index in [1.807, 2.05) is 12.3 Å². The highest BCUT2D eigenvalue weighted by molar-refractivity contribution is 6.19. The molecule has 2 aromatic heterocycles. The fourth-order valence-corrected chi connectivity index (χ4v) is 6.71. The Balaban J connectivity index is 1.26. The number of rotatable bonds is 2. The fraction of sp³-hybridized carbons (Fsp3) is 0. The van der Waals surface area contributed by atoms with E-state index in [2.05, 4.69) is 126 Å². The number of hydrogen-bond donors (Lipinski definition) is 0. The second kappa shape index (κ2) is 7.66. The number of fused-ring (bicyclic) bond motifs is 8. The summed E-state index contributed by atoms with van der Waals surface area (Å²) in [7, 11) is 0. The summed E-state index contributed by atoms with van der Waals surface area (Å²) in [5.74, 6) is 0. The van der Waals surface area contributed by atoms with Crippen molar-refractivity contribution in [3.63, 3.8) is 0 Å². The summed E-state index contributed by atoms with van der Waals surface area (Å²) < 4.78 is 2.37. The van der Waals surface area contributed by atoms with E-state index in [0.29, 0.717) is 0 Å². The van der Waals surface area contributed by atoms with Crippen LogP contribution in [-0.4, -0.2) is 9.55 Å². The molecule has 1 aliphatic rings. The molecule has 0 N–H and O–H groups in total. The average Bonchev–Trinajstić information content (AvgIpc) is 3.52. The van der Waals surface area contributed by atoms with Crippen molar-refractivity contribution in [3.05, 3.63) is 134 Å². The molecule has 0 amide bonds. The van der Waals surface area contributed by atoms with Crippen LogP contribution in [0.4, 0.5) is 0 Å². The Morgan fingerprint density at radius 1 is 0.462 bits per heavy atom. The lowest BCUT2D eigenvalue weighted by molar-refractivity contribution is 1.18. The lowest BCUT2D eigenvalue weighted by Gasteiger charge is -2.13. The van der Waals surface area contributed by atoms with Gasteiger partial charge in [-0.2, -0.15) is 0 Å². The normalized spacial score (nSPS) is 12.1. The zero-order valence-corrected chi connectivity index (χ0v) is 21.1. The van der Waals surface area contributed by atoms with Crippen LogP contribution in [0.2, 0.25) is 0 Å². The van der Waals surface area contributed by atoms with Crippen LogP contribution < -0.4 is 0 Å². The average molecular weight is 495 g/mol. The molecule has 2 heteroatoms. The second-order valence-corrected chi connectivity index (χ2v) is 10.4. The van der Waals surface area contributed by atoms with Crippen LogP contribution in [0.5, 0.6) is 0 Å². The number of nitrogens with zero attached hydrogens (tertiary/aromatic N) is 2. The standard InChI is InChI=1S/C37H22N2/c1-2-8-27-23(7-1)16-19-33-36-34(13-6-22-38-36)39(37(27)33)25-17-14-24(15-18-25)26-20-21-32-29-10-4-3-9-28(29)31-12-5-11-30(26)35(31)32/h1-22H. The molecule has 0 radical (unpaired) electrons. The highest BCUT2D eigenvalue weighted by atomic mass is 15.0. The largest absolute Gasteiger partial charge is 0.307 e. The van der Waals surface area contributed by atoms with Crippen molar-refractivity contribution in [1.29, 1.82) is 0 Å². The molecule has 0 unspecified atom stereocenters. The lowest BCUT2D eigenvalue weighted by Crippen LogP contribution is -1.95. The molecule has 2 nitrogen and oxygen atoms in total. The van der Waals surface area contributed by atoms with Gasteiger partial charge in [0.1, 0.15) is 0 Å². The Bertz CT molecular complexity index is 2240. The van der Waals surface area contributed by atoms with E-state index >= 15 is 0 Å². The van der Waals surface area contributed by atoms with Gasteiger partial charge in [0.2, 0.25) is 0 Å². The smallest absolute Gasteiger partial charge is 0.0963 e. The molecule has 2 heterocycles. The molecule has 9 rings (SSSR count). The van der Waals surface area contributed by atoms with Crippen molar-refractivity contribution in [1.82, 2.24) is 9.55 Å². The van der Waals surface area contributed by atoms with E-state index in [1.165, 1.54) is 65.8 Å². The topological polar surface area (TPSA) is 17.8 Å². The second-order valence-electron chi connectivity index (χ2n) is 10.4. The zero-order chi connectivity index (χ0) is 25.5. The van der Waals surface area contributed by atoms with Crippen molar-refractivity contribution >= 4 is 43.5 Å². The highest BCUT2D eigenvalue weighted by Crippen LogP contribution is 2.49. The third-order valence-corrected chi connectivity index (χ3v) is 8.39. The number of aromatic nitrogens is 2. The van der Waals surface area contributed by atoms with Gasteiger partial charge in [-0.15, -0.1) is 0 Å². The quantitative estimate of drug-likeness (QED) is 0.234. The molecule has 0 saturated carbocycles. The van der Waals surface area contributed by atoms with Gasteiger partial charge in [-0.05, 0) is 79.9 Å². The maximum atomic E-state index is 4.78. The molecule has 8 aromatic rings. The van der Waals surface area contributed by atoms with Gasteiger partial charge in [0, 0.05) is 22.7 Å². The number of benzene rings is 6. The molecule has 180 valence electrons. The maximum Gasteiger partial charge on any atom is 0.0963 e. The number of hydrogen-bond acceptors (Lipinski definition) is 1. The Hall–Kier alpha value is -5.21. The third kappa shape index (κ3) is 2.78. The van der Waals surface area contributed by atoms with Crippen molar-refractivity contribution in [2.45, 2.75) is 0 Å². The van der Waals surface area contributed by atoms with Crippen LogP contribution in [0.3, 0.4) is 0 Å². The summed E-state index contributed by atoms with van der Waals surface area (Å²) in [4.78, 5) is 4.78. The Labute approximate surface area is 225 Å². The summed E-state index contributed by atoms with van der Waals surface area (Å²) in [6, 6.07) is 46.3. The summed E-state index contributed by atoms with van der Waals surface area (Å²) in [5, 5.41) is 6.32. The van der Waals surface area contributed by atoms with Crippen molar-refractivity contribution in [2.24, 2.45) is 0 Å². The van der Waals surface area contributed by atoms with E-state index in [0.717, 1.165) is 16.7 Å². The van der Waals surface area contributed by atoms with E-state index in [9.17, 15) is 0 Å². The van der Waals surface area contributed by atoms with Crippen LogP contribution in [0.25, 0.3) is 82.5 Å². The van der Waals surface area contributed by atoms with E-state index in [-0.39, 0.29) is 0 Å². The Morgan fingerprint density at radius 3 is 2.05 bits per heavy atom. The van der Waals surface area contributed by atoms with Crippen molar-refractivity contribution < 1.29 is 0 Å². The van der Waals surface area contributed by atoms with Gasteiger partial charge in [-0.3, -0.25) is 4.98 Å². The van der Waals surface area contributed by atoms with E-state index in [1.54, 1.807) is 0 Å². The predicted octanol–water partition coefficient (Wildman–Crippen LogP) is 9.80. The minimum atomic E-state index is 1.04. The van der Waals surface area contributed by atoms with Crippen LogP contribution in [-0.2, 0) is 0 Å². The molecule has 39 heavy (non-hydrogen) atoms. The Kier molecular flexibility index (Phi) is 4.08. The lowest BCUT2D eigenvalue weighted by atomic mass is 9.94. The molecular formula is C37H22N2. The Morgan fingerprint density at radius 2 is 1.18 bits per heavy atom. The predicted molar refractivity (Wildman–Crippen MR) is 163 cm³/mol. The SMILES string of the molecule is c1ccc2c(c1)-c1cccc3c(-c4ccc(-n5c6cccnc6c6ccc7ccccc7c65)cc4)ccc-2c13. The molecule has 0 spiro atoms. The first-order valence-electron chi connectivity index (χ1n) is 13.4. The third-order valence-electron chi connectivity index (χ3n) is 8.39. The summed E-state index contributed by atoms with van der Waals surface area (Å²) in [5.41, 5.74) is 12.3. The highest BCUT2D eigenvalue weighted by Gasteiger charge is 2.22. The minimum absolute atomic E-state index is 1.04. The molecular weight excluding hydrogens is 472 g/mol.